The van der Waals surface area contributed by atoms with E-state index in [2.05, 4.69) is 6.58 Å². The van der Waals surface area contributed by atoms with Gasteiger partial charge in [-0.3, -0.25) is 9.59 Å². The molecule has 0 N–H and O–H groups in total. The third kappa shape index (κ3) is 1.65. The van der Waals surface area contributed by atoms with Crippen molar-refractivity contribution in [1.82, 2.24) is 0 Å². The molecular weight excluding hydrogens is 244 g/mol. The Labute approximate surface area is 114 Å². The quantitative estimate of drug-likeness (QED) is 0.581. The number of cyclic esters (lactones) is 1. The number of fused-ring (bicyclic) bond motifs is 1. The average Bonchev–Trinajstić information content (AvgIpc) is 2.67. The van der Waals surface area contributed by atoms with Crippen molar-refractivity contribution in [1.29, 1.82) is 0 Å². The molecule has 2 aliphatic rings. The predicted molar refractivity (Wildman–Crippen MR) is 70.2 cm³/mol. The second kappa shape index (κ2) is 4.36. The van der Waals surface area contributed by atoms with Crippen molar-refractivity contribution in [2.45, 2.75) is 34.1 Å². The Hall–Kier alpha value is -1.32. The first-order chi connectivity index (χ1) is 8.79. The number of carbonyl (C=O) groups is 2. The Bertz CT molecular complexity index is 441. The van der Waals surface area contributed by atoms with Crippen LogP contribution in [-0.2, 0) is 19.1 Å². The van der Waals surface area contributed by atoms with Crippen LogP contribution in [0.5, 0.6) is 0 Å². The molecule has 4 heteroatoms. The van der Waals surface area contributed by atoms with Crippen molar-refractivity contribution in [3.05, 3.63) is 12.2 Å². The van der Waals surface area contributed by atoms with E-state index in [0.717, 1.165) is 5.57 Å². The molecule has 19 heavy (non-hydrogen) atoms. The molecule has 0 aromatic carbocycles. The molecule has 0 bridgehead atoms. The summed E-state index contributed by atoms with van der Waals surface area (Å²) in [6.45, 7) is 12.6. The molecule has 1 aliphatic heterocycles. The maximum absolute atomic E-state index is 12.1. The van der Waals surface area contributed by atoms with E-state index in [0.29, 0.717) is 19.6 Å². The van der Waals surface area contributed by atoms with Crippen LogP contribution < -0.4 is 0 Å². The van der Waals surface area contributed by atoms with Crippen LogP contribution in [-0.4, -0.2) is 25.2 Å². The number of hydrogen-bond donors (Lipinski definition) is 0. The lowest BCUT2D eigenvalue weighted by molar-refractivity contribution is -0.150. The van der Waals surface area contributed by atoms with Gasteiger partial charge < -0.3 is 9.47 Å². The van der Waals surface area contributed by atoms with Crippen molar-refractivity contribution in [2.75, 3.05) is 13.2 Å². The third-order valence-electron chi connectivity index (χ3n) is 5.42. The fourth-order valence-electron chi connectivity index (χ4n) is 3.66. The van der Waals surface area contributed by atoms with Crippen LogP contribution in [0.2, 0.25) is 0 Å². The lowest BCUT2D eigenvalue weighted by Crippen LogP contribution is -2.38. The standard InChI is InChI=1S/C15H22O4/c1-6-18-12(16)7-11-9(2)14(4)8-19-13(17)15(14,5)10(11)3/h10-11H,2,6-8H2,1,3-5H3. The van der Waals surface area contributed by atoms with Gasteiger partial charge in [-0.05, 0) is 25.7 Å². The molecule has 0 amide bonds. The molecule has 106 valence electrons. The van der Waals surface area contributed by atoms with E-state index in [1.54, 1.807) is 6.92 Å². The Morgan fingerprint density at radius 3 is 2.68 bits per heavy atom. The van der Waals surface area contributed by atoms with E-state index in [9.17, 15) is 9.59 Å². The molecule has 1 heterocycles. The highest BCUT2D eigenvalue weighted by molar-refractivity contribution is 5.83. The second-order valence-corrected chi connectivity index (χ2v) is 6.04. The minimum atomic E-state index is -0.582. The Morgan fingerprint density at radius 1 is 1.53 bits per heavy atom. The highest BCUT2D eigenvalue weighted by Crippen LogP contribution is 2.65. The van der Waals surface area contributed by atoms with Crippen molar-refractivity contribution in [2.24, 2.45) is 22.7 Å². The molecular formula is C15H22O4. The minimum absolute atomic E-state index is 0.0121. The number of esters is 2. The lowest BCUT2D eigenvalue weighted by Gasteiger charge is -2.32. The number of carbonyl (C=O) groups excluding carboxylic acids is 2. The van der Waals surface area contributed by atoms with E-state index in [1.807, 2.05) is 20.8 Å². The molecule has 4 nitrogen and oxygen atoms in total. The summed E-state index contributed by atoms with van der Waals surface area (Å²) in [6.07, 6.45) is 0.298. The smallest absolute Gasteiger partial charge is 0.313 e. The molecule has 2 fully saturated rings. The number of rotatable bonds is 3. The second-order valence-electron chi connectivity index (χ2n) is 6.04. The van der Waals surface area contributed by atoms with E-state index in [1.165, 1.54) is 0 Å². The van der Waals surface area contributed by atoms with Crippen LogP contribution in [0.1, 0.15) is 34.1 Å². The summed E-state index contributed by atoms with van der Waals surface area (Å²) in [5.74, 6) is -0.373. The summed E-state index contributed by atoms with van der Waals surface area (Å²) in [5.41, 5.74) is -0.0107. The average molecular weight is 266 g/mol. The van der Waals surface area contributed by atoms with Crippen LogP contribution in [0, 0.1) is 22.7 Å². The maximum atomic E-state index is 12.1. The fourth-order valence-corrected chi connectivity index (χ4v) is 3.66. The van der Waals surface area contributed by atoms with Crippen LogP contribution in [0.4, 0.5) is 0 Å². The van der Waals surface area contributed by atoms with Crippen LogP contribution in [0.25, 0.3) is 0 Å². The van der Waals surface area contributed by atoms with E-state index < -0.39 is 5.41 Å². The zero-order chi connectivity index (χ0) is 14.4. The zero-order valence-electron chi connectivity index (χ0n) is 12.1. The van der Waals surface area contributed by atoms with Crippen molar-refractivity contribution < 1.29 is 19.1 Å². The van der Waals surface area contributed by atoms with Gasteiger partial charge in [0, 0.05) is 5.41 Å². The first-order valence-corrected chi connectivity index (χ1v) is 6.81. The molecule has 4 unspecified atom stereocenters. The van der Waals surface area contributed by atoms with Gasteiger partial charge in [-0.1, -0.05) is 26.0 Å². The molecule has 0 aromatic heterocycles. The Morgan fingerprint density at radius 2 is 2.16 bits per heavy atom. The Kier molecular flexibility index (Phi) is 3.23. The van der Waals surface area contributed by atoms with Gasteiger partial charge in [-0.15, -0.1) is 0 Å². The normalized spacial score (nSPS) is 41.1. The first kappa shape index (κ1) is 14.1. The third-order valence-corrected chi connectivity index (χ3v) is 5.42. The summed E-state index contributed by atoms with van der Waals surface area (Å²) in [4.78, 5) is 23.8. The predicted octanol–water partition coefficient (Wildman–Crippen LogP) is 2.33. The molecule has 0 spiro atoms. The first-order valence-electron chi connectivity index (χ1n) is 6.81. The van der Waals surface area contributed by atoms with E-state index in [-0.39, 0.29) is 29.2 Å². The molecule has 1 saturated carbocycles. The largest absolute Gasteiger partial charge is 0.466 e. The van der Waals surface area contributed by atoms with Crippen LogP contribution in [0.3, 0.4) is 0 Å². The summed E-state index contributed by atoms with van der Waals surface area (Å²) < 4.78 is 10.3. The topological polar surface area (TPSA) is 52.6 Å². The van der Waals surface area contributed by atoms with Gasteiger partial charge in [0.05, 0.1) is 18.4 Å². The summed E-state index contributed by atoms with van der Waals surface area (Å²) >= 11 is 0. The van der Waals surface area contributed by atoms with Gasteiger partial charge >= 0.3 is 11.9 Å². The van der Waals surface area contributed by atoms with Crippen LogP contribution in [0.15, 0.2) is 12.2 Å². The monoisotopic (exact) mass is 266 g/mol. The van der Waals surface area contributed by atoms with Crippen molar-refractivity contribution in [3.8, 4) is 0 Å². The van der Waals surface area contributed by atoms with Gasteiger partial charge in [0.25, 0.3) is 0 Å². The van der Waals surface area contributed by atoms with Gasteiger partial charge in [0.1, 0.15) is 6.61 Å². The highest BCUT2D eigenvalue weighted by Gasteiger charge is 2.68. The molecule has 1 aliphatic carbocycles. The van der Waals surface area contributed by atoms with Gasteiger partial charge in [0.2, 0.25) is 0 Å². The summed E-state index contributed by atoms with van der Waals surface area (Å²) in [5, 5.41) is 0. The fraction of sp³-hybridized carbons (Fsp3) is 0.733. The molecule has 0 radical (unpaired) electrons. The highest BCUT2D eigenvalue weighted by atomic mass is 16.5. The van der Waals surface area contributed by atoms with E-state index in [4.69, 9.17) is 9.47 Å². The van der Waals surface area contributed by atoms with Gasteiger partial charge in [0.15, 0.2) is 0 Å². The lowest BCUT2D eigenvalue weighted by atomic mass is 9.66. The summed E-state index contributed by atoms with van der Waals surface area (Å²) in [6, 6.07) is 0. The number of hydrogen-bond acceptors (Lipinski definition) is 4. The number of ether oxygens (including phenoxy) is 2. The van der Waals surface area contributed by atoms with Gasteiger partial charge in [-0.2, -0.15) is 0 Å². The van der Waals surface area contributed by atoms with Crippen molar-refractivity contribution in [3.63, 3.8) is 0 Å². The maximum Gasteiger partial charge on any atom is 0.313 e. The minimum Gasteiger partial charge on any atom is -0.466 e. The SMILES string of the molecule is C=C1C(CC(=O)OCC)C(C)C2(C)C(=O)OCC12C. The molecule has 4 atom stereocenters. The molecule has 2 rings (SSSR count). The molecule has 1 saturated heterocycles. The zero-order valence-corrected chi connectivity index (χ0v) is 12.1. The van der Waals surface area contributed by atoms with Crippen molar-refractivity contribution >= 4 is 11.9 Å². The molecule has 0 aromatic rings. The van der Waals surface area contributed by atoms with E-state index >= 15 is 0 Å². The van der Waals surface area contributed by atoms with Gasteiger partial charge in [-0.25, -0.2) is 0 Å². The summed E-state index contributed by atoms with van der Waals surface area (Å²) in [7, 11) is 0. The Balaban J connectivity index is 2.29. The van der Waals surface area contributed by atoms with Crippen LogP contribution >= 0.6 is 0 Å².